The Hall–Kier alpha value is -3.80. The van der Waals surface area contributed by atoms with Gasteiger partial charge in [0.2, 0.25) is 11.7 Å². The molecule has 198 valence electrons. The van der Waals surface area contributed by atoms with Crippen LogP contribution in [0.2, 0.25) is 0 Å². The monoisotopic (exact) mass is 559 g/mol. The number of aromatic nitrogens is 4. The fourth-order valence-corrected chi connectivity index (χ4v) is 6.73. The van der Waals surface area contributed by atoms with Crippen LogP contribution in [0.3, 0.4) is 0 Å². The molecule has 0 saturated heterocycles. The van der Waals surface area contributed by atoms with Gasteiger partial charge in [-0.2, -0.15) is 0 Å². The highest BCUT2D eigenvalue weighted by Crippen LogP contribution is 2.39. The number of carbonyl (C=O) groups is 2. The number of Topliss-reactive ketones (excluding diaryl/α,β-unsaturated/α-hetero) is 1. The predicted octanol–water partition coefficient (Wildman–Crippen LogP) is 4.88. The lowest BCUT2D eigenvalue weighted by Gasteiger charge is -2.29. The van der Waals surface area contributed by atoms with Gasteiger partial charge in [-0.05, 0) is 62.7 Å². The molecule has 5 aromatic rings. The Kier molecular flexibility index (Phi) is 6.37. The summed E-state index contributed by atoms with van der Waals surface area (Å²) in [6.07, 6.45) is 0.618. The molecule has 1 aliphatic rings. The number of ether oxygens (including phenoxy) is 1. The smallest absolute Gasteiger partial charge is 0.268 e. The Morgan fingerprint density at radius 1 is 1.10 bits per heavy atom. The van der Waals surface area contributed by atoms with Gasteiger partial charge in [0, 0.05) is 22.5 Å². The van der Waals surface area contributed by atoms with Gasteiger partial charge < -0.3 is 10.1 Å². The van der Waals surface area contributed by atoms with E-state index in [1.165, 1.54) is 30.0 Å². The molecule has 2 aromatic carbocycles. The average Bonchev–Trinajstić information content (AvgIpc) is 3.49. The van der Waals surface area contributed by atoms with Gasteiger partial charge in [-0.3, -0.25) is 14.4 Å². The van der Waals surface area contributed by atoms with Gasteiger partial charge in [-0.15, -0.1) is 21.5 Å². The van der Waals surface area contributed by atoms with Crippen LogP contribution in [0.25, 0.3) is 21.7 Å². The van der Waals surface area contributed by atoms with Crippen molar-refractivity contribution >= 4 is 56.5 Å². The van der Waals surface area contributed by atoms with Crippen molar-refractivity contribution < 1.29 is 14.3 Å². The summed E-state index contributed by atoms with van der Waals surface area (Å²) in [6, 6.07) is 16.1. The van der Waals surface area contributed by atoms with Crippen LogP contribution in [0.5, 0.6) is 0 Å². The molecule has 3 aromatic heterocycles. The van der Waals surface area contributed by atoms with E-state index < -0.39 is 0 Å². The molecule has 0 atom stereocenters. The van der Waals surface area contributed by atoms with Crippen molar-refractivity contribution in [1.29, 1.82) is 0 Å². The fourth-order valence-electron chi connectivity index (χ4n) is 4.72. The number of rotatable bonds is 6. The van der Waals surface area contributed by atoms with Crippen molar-refractivity contribution in [1.82, 2.24) is 19.2 Å². The molecule has 0 saturated carbocycles. The fraction of sp³-hybridized carbons (Fsp3) is 0.250. The first kappa shape index (κ1) is 25.5. The molecule has 4 heterocycles. The van der Waals surface area contributed by atoms with E-state index in [2.05, 4.69) is 15.5 Å². The summed E-state index contributed by atoms with van der Waals surface area (Å²) < 4.78 is 9.50. The number of nitrogens with zero attached hydrogens (tertiary/aromatic N) is 4. The van der Waals surface area contributed by atoms with E-state index in [1.807, 2.05) is 48.6 Å². The van der Waals surface area contributed by atoms with E-state index >= 15 is 0 Å². The molecular weight excluding hydrogens is 534 g/mol. The number of nitrogens with one attached hydrogen (secondary N) is 1. The zero-order valence-corrected chi connectivity index (χ0v) is 23.2. The van der Waals surface area contributed by atoms with Gasteiger partial charge in [0.05, 0.1) is 29.0 Å². The Labute approximate surface area is 231 Å². The molecule has 39 heavy (non-hydrogen) atoms. The summed E-state index contributed by atoms with van der Waals surface area (Å²) in [6.45, 7) is 5.99. The van der Waals surface area contributed by atoms with E-state index in [-0.39, 0.29) is 28.6 Å². The maximum atomic E-state index is 14.0. The van der Waals surface area contributed by atoms with E-state index in [9.17, 15) is 14.4 Å². The lowest BCUT2D eigenvalue weighted by Crippen LogP contribution is -2.32. The molecule has 0 radical (unpaired) electrons. The van der Waals surface area contributed by atoms with Crippen molar-refractivity contribution in [3.63, 3.8) is 0 Å². The molecule has 0 unspecified atom stereocenters. The summed E-state index contributed by atoms with van der Waals surface area (Å²) in [5, 5.41) is 12.8. The highest BCUT2D eigenvalue weighted by Gasteiger charge is 2.32. The normalized spacial score (nSPS) is 14.4. The van der Waals surface area contributed by atoms with E-state index in [4.69, 9.17) is 4.74 Å². The number of thioether (sulfide) groups is 1. The summed E-state index contributed by atoms with van der Waals surface area (Å²) in [5.41, 5.74) is 2.35. The average molecular weight is 560 g/mol. The first-order chi connectivity index (χ1) is 18.7. The molecule has 1 N–H and O–H groups in total. The standard InChI is InChI=1S/C28H25N5O4S2/c1-16(34)17-9-11-18(12-10-17)29-22(35)15-38-27-31-30-26-32(19-7-5-4-6-8-19)24(36)23-20-13-28(2,3)37-14-21(20)39-25(23)33(26)27/h4-12H,13-15H2,1-3H3,(H,29,35). The highest BCUT2D eigenvalue weighted by atomic mass is 32.2. The Morgan fingerprint density at radius 2 is 1.85 bits per heavy atom. The van der Waals surface area contributed by atoms with E-state index in [1.54, 1.807) is 28.8 Å². The number of carbonyl (C=O) groups excluding carboxylic acids is 2. The van der Waals surface area contributed by atoms with Gasteiger partial charge >= 0.3 is 0 Å². The van der Waals surface area contributed by atoms with Crippen LogP contribution < -0.4 is 10.9 Å². The summed E-state index contributed by atoms with van der Waals surface area (Å²) in [7, 11) is 0. The molecule has 11 heteroatoms. The number of para-hydroxylation sites is 1. The zero-order chi connectivity index (χ0) is 27.3. The lowest BCUT2D eigenvalue weighted by molar-refractivity contribution is -0.113. The highest BCUT2D eigenvalue weighted by molar-refractivity contribution is 7.99. The van der Waals surface area contributed by atoms with E-state index in [0.717, 1.165) is 15.3 Å². The van der Waals surface area contributed by atoms with Crippen LogP contribution in [0, 0.1) is 0 Å². The van der Waals surface area contributed by atoms with Crippen LogP contribution in [0.15, 0.2) is 64.5 Å². The minimum atomic E-state index is -0.383. The molecule has 9 nitrogen and oxygen atoms in total. The SMILES string of the molecule is CC(=O)c1ccc(NC(=O)CSc2nnc3n(-c4ccccc4)c(=O)c4c5c(sc4n23)COC(C)(C)C5)cc1. The number of anilines is 1. The third-order valence-corrected chi connectivity index (χ3v) is 8.75. The van der Waals surface area contributed by atoms with Crippen LogP contribution in [-0.4, -0.2) is 42.2 Å². The molecule has 0 fully saturated rings. The molecule has 0 bridgehead atoms. The summed E-state index contributed by atoms with van der Waals surface area (Å²) in [4.78, 5) is 40.0. The van der Waals surface area contributed by atoms with Crippen molar-refractivity contribution in [3.8, 4) is 5.69 Å². The predicted molar refractivity (Wildman–Crippen MR) is 152 cm³/mol. The van der Waals surface area contributed by atoms with Gasteiger partial charge in [0.25, 0.3) is 5.56 Å². The Morgan fingerprint density at radius 3 is 2.56 bits per heavy atom. The molecule has 1 aliphatic heterocycles. The number of amides is 1. The number of fused-ring (bicyclic) bond motifs is 5. The van der Waals surface area contributed by atoms with Crippen LogP contribution in [-0.2, 0) is 22.6 Å². The third kappa shape index (κ3) is 4.66. The third-order valence-electron chi connectivity index (χ3n) is 6.63. The Bertz CT molecular complexity index is 1800. The second-order valence-electron chi connectivity index (χ2n) is 9.97. The number of benzene rings is 2. The topological polar surface area (TPSA) is 108 Å². The van der Waals surface area contributed by atoms with Crippen LogP contribution >= 0.6 is 23.1 Å². The van der Waals surface area contributed by atoms with Crippen molar-refractivity contribution in [2.24, 2.45) is 0 Å². The minimum Gasteiger partial charge on any atom is -0.370 e. The lowest BCUT2D eigenvalue weighted by atomic mass is 9.94. The number of thiophene rings is 1. The van der Waals surface area contributed by atoms with Crippen LogP contribution in [0.1, 0.15) is 41.6 Å². The van der Waals surface area contributed by atoms with Gasteiger partial charge in [0.1, 0.15) is 4.83 Å². The second-order valence-corrected chi connectivity index (χ2v) is 12.0. The van der Waals surface area contributed by atoms with Crippen molar-refractivity contribution in [2.45, 2.75) is 44.6 Å². The molecular formula is C28H25N5O4S2. The van der Waals surface area contributed by atoms with E-state index in [0.29, 0.717) is 46.3 Å². The maximum Gasteiger partial charge on any atom is 0.268 e. The summed E-state index contributed by atoms with van der Waals surface area (Å²) >= 11 is 2.76. The van der Waals surface area contributed by atoms with Crippen LogP contribution in [0.4, 0.5) is 5.69 Å². The first-order valence-corrected chi connectivity index (χ1v) is 14.2. The summed E-state index contributed by atoms with van der Waals surface area (Å²) in [5.74, 6) is 0.219. The van der Waals surface area contributed by atoms with Gasteiger partial charge in [0.15, 0.2) is 10.9 Å². The largest absolute Gasteiger partial charge is 0.370 e. The molecule has 0 aliphatic carbocycles. The number of ketones is 1. The quantitative estimate of drug-likeness (QED) is 0.233. The minimum absolute atomic E-state index is 0.0345. The van der Waals surface area contributed by atoms with Gasteiger partial charge in [-0.1, -0.05) is 30.0 Å². The maximum absolute atomic E-state index is 14.0. The zero-order valence-electron chi connectivity index (χ0n) is 21.6. The molecule has 0 spiro atoms. The first-order valence-electron chi connectivity index (χ1n) is 12.4. The second kappa shape index (κ2) is 9.74. The van der Waals surface area contributed by atoms with Crippen molar-refractivity contribution in [3.05, 3.63) is 81.0 Å². The number of hydrogen-bond acceptors (Lipinski definition) is 8. The molecule has 6 rings (SSSR count). The number of hydrogen-bond donors (Lipinski definition) is 1. The Balaban J connectivity index is 1.40. The molecule has 1 amide bonds. The van der Waals surface area contributed by atoms with Gasteiger partial charge in [-0.25, -0.2) is 8.97 Å². The van der Waals surface area contributed by atoms with Crippen molar-refractivity contribution in [2.75, 3.05) is 11.1 Å².